The SMILES string of the molecule is CN1CCN(c2ccc(C(=O)N3CCC(F)(F)/C(=C\C(=O)NCc4ccccn4)c4ccccc43)c(Cl)c2)CC1.Cl. The average molecular weight is 603 g/mol. The van der Waals surface area contributed by atoms with Crippen LogP contribution in [0.4, 0.5) is 20.2 Å². The summed E-state index contributed by atoms with van der Waals surface area (Å²) in [5.41, 5.74) is 1.74. The number of fused-ring (bicyclic) bond motifs is 1. The molecule has 41 heavy (non-hydrogen) atoms. The van der Waals surface area contributed by atoms with E-state index < -0.39 is 29.7 Å². The molecule has 7 nitrogen and oxygen atoms in total. The minimum absolute atomic E-state index is 0. The number of likely N-dealkylation sites (N-methyl/N-ethyl adjacent to an activating group) is 1. The summed E-state index contributed by atoms with van der Waals surface area (Å²) in [6.07, 6.45) is 1.87. The van der Waals surface area contributed by atoms with Crippen molar-refractivity contribution < 1.29 is 18.4 Å². The molecule has 0 aliphatic carbocycles. The van der Waals surface area contributed by atoms with Gasteiger partial charge in [-0.25, -0.2) is 8.78 Å². The summed E-state index contributed by atoms with van der Waals surface area (Å²) in [6.45, 7) is 3.40. The first-order chi connectivity index (χ1) is 19.2. The van der Waals surface area contributed by atoms with Gasteiger partial charge in [0.05, 0.1) is 28.5 Å². The number of hydrogen-bond donors (Lipinski definition) is 1. The maximum absolute atomic E-state index is 15.5. The van der Waals surface area contributed by atoms with E-state index in [0.29, 0.717) is 11.4 Å². The summed E-state index contributed by atoms with van der Waals surface area (Å²) >= 11 is 6.60. The van der Waals surface area contributed by atoms with Gasteiger partial charge in [-0.2, -0.15) is 0 Å². The number of amides is 2. The highest BCUT2D eigenvalue weighted by atomic mass is 35.5. The minimum atomic E-state index is -3.34. The van der Waals surface area contributed by atoms with E-state index in [1.807, 2.05) is 6.07 Å². The molecule has 216 valence electrons. The van der Waals surface area contributed by atoms with Crippen LogP contribution >= 0.6 is 24.0 Å². The van der Waals surface area contributed by atoms with E-state index in [2.05, 4.69) is 27.1 Å². The summed E-state index contributed by atoms with van der Waals surface area (Å²) in [5.74, 6) is -4.49. The molecule has 0 radical (unpaired) electrons. The van der Waals surface area contributed by atoms with Crippen LogP contribution in [0, 0.1) is 0 Å². The molecular weight excluding hydrogens is 571 g/mol. The lowest BCUT2D eigenvalue weighted by atomic mass is 9.97. The standard InChI is InChI=1S/C30H30ClF2N5O2.ClH/c1-36-14-16-37(17-15-36)22-9-10-24(26(31)18-22)29(40)38-13-11-30(32,33)25(23-7-2-3-8-27(23)38)19-28(39)35-20-21-6-4-5-12-34-21;/h2-10,12,18-19H,11,13-17,20H2,1H3,(H,35,39);1H/b25-19-;. The van der Waals surface area contributed by atoms with Crippen LogP contribution in [-0.4, -0.2) is 67.4 Å². The van der Waals surface area contributed by atoms with Gasteiger partial charge < -0.3 is 20.0 Å². The molecule has 5 rings (SSSR count). The van der Waals surface area contributed by atoms with Gasteiger partial charge in [-0.3, -0.25) is 14.6 Å². The van der Waals surface area contributed by atoms with Crippen molar-refractivity contribution in [1.29, 1.82) is 0 Å². The van der Waals surface area contributed by atoms with Crippen molar-refractivity contribution in [2.75, 3.05) is 49.6 Å². The quantitative estimate of drug-likeness (QED) is 0.402. The highest BCUT2D eigenvalue weighted by Crippen LogP contribution is 2.43. The first-order valence-corrected chi connectivity index (χ1v) is 13.5. The predicted molar refractivity (Wildman–Crippen MR) is 160 cm³/mol. The lowest BCUT2D eigenvalue weighted by molar-refractivity contribution is -0.116. The van der Waals surface area contributed by atoms with Crippen LogP contribution in [0.2, 0.25) is 5.02 Å². The predicted octanol–water partition coefficient (Wildman–Crippen LogP) is 5.29. The number of allylic oxidation sites excluding steroid dienone is 1. The summed E-state index contributed by atoms with van der Waals surface area (Å²) in [7, 11) is 2.07. The molecule has 0 bridgehead atoms. The number of anilines is 2. The molecule has 2 aliphatic heterocycles. The van der Waals surface area contributed by atoms with Crippen LogP contribution in [0.1, 0.15) is 28.0 Å². The van der Waals surface area contributed by atoms with Crippen LogP contribution in [0.15, 0.2) is 72.9 Å². The number of aromatic nitrogens is 1. The minimum Gasteiger partial charge on any atom is -0.369 e. The number of piperazine rings is 1. The van der Waals surface area contributed by atoms with Crippen LogP contribution < -0.4 is 15.1 Å². The number of carbonyl (C=O) groups is 2. The van der Waals surface area contributed by atoms with E-state index in [1.54, 1.807) is 54.7 Å². The molecule has 2 aliphatic rings. The fourth-order valence-electron chi connectivity index (χ4n) is 4.98. The largest absolute Gasteiger partial charge is 0.369 e. The Kier molecular flexibility index (Phi) is 9.63. The highest BCUT2D eigenvalue weighted by Gasteiger charge is 2.41. The van der Waals surface area contributed by atoms with Crippen molar-refractivity contribution in [3.8, 4) is 0 Å². The third-order valence-electron chi connectivity index (χ3n) is 7.27. The molecule has 1 fully saturated rings. The van der Waals surface area contributed by atoms with E-state index in [9.17, 15) is 9.59 Å². The summed E-state index contributed by atoms with van der Waals surface area (Å²) < 4.78 is 31.0. The fourth-order valence-corrected chi connectivity index (χ4v) is 5.24. The van der Waals surface area contributed by atoms with E-state index in [1.165, 1.54) is 11.0 Å². The van der Waals surface area contributed by atoms with Crippen molar-refractivity contribution in [3.63, 3.8) is 0 Å². The third kappa shape index (κ3) is 6.86. The van der Waals surface area contributed by atoms with E-state index in [4.69, 9.17) is 11.6 Å². The van der Waals surface area contributed by atoms with E-state index in [-0.39, 0.29) is 41.6 Å². The molecule has 0 spiro atoms. The Bertz CT molecular complexity index is 1430. The second-order valence-electron chi connectivity index (χ2n) is 9.98. The van der Waals surface area contributed by atoms with E-state index >= 15 is 8.78 Å². The summed E-state index contributed by atoms with van der Waals surface area (Å²) in [4.78, 5) is 36.4. The summed E-state index contributed by atoms with van der Waals surface area (Å²) in [5, 5.41) is 2.88. The van der Waals surface area contributed by atoms with Crippen LogP contribution in [-0.2, 0) is 11.3 Å². The molecule has 2 amide bonds. The van der Waals surface area contributed by atoms with Crippen molar-refractivity contribution >= 4 is 52.8 Å². The Morgan fingerprint density at radius 2 is 1.76 bits per heavy atom. The first-order valence-electron chi connectivity index (χ1n) is 13.1. The maximum atomic E-state index is 15.5. The average Bonchev–Trinajstić information content (AvgIpc) is 3.06. The maximum Gasteiger partial charge on any atom is 0.275 e. The molecule has 0 unspecified atom stereocenters. The smallest absolute Gasteiger partial charge is 0.275 e. The number of rotatable bonds is 5. The molecule has 3 heterocycles. The number of benzene rings is 2. The van der Waals surface area contributed by atoms with Gasteiger partial charge in [-0.1, -0.05) is 35.9 Å². The second kappa shape index (κ2) is 13.0. The Balaban J connectivity index is 0.00000387. The molecule has 1 saturated heterocycles. The highest BCUT2D eigenvalue weighted by molar-refractivity contribution is 6.35. The van der Waals surface area contributed by atoms with Gasteiger partial charge in [0.15, 0.2) is 0 Å². The first kappa shape index (κ1) is 30.4. The number of nitrogens with zero attached hydrogens (tertiary/aromatic N) is 4. The molecule has 3 aromatic rings. The Labute approximate surface area is 249 Å². The fraction of sp³-hybridized carbons (Fsp3) is 0.300. The lowest BCUT2D eigenvalue weighted by Gasteiger charge is -2.34. The van der Waals surface area contributed by atoms with Crippen molar-refractivity contribution in [3.05, 3.63) is 94.8 Å². The number of pyridine rings is 1. The number of hydrogen-bond acceptors (Lipinski definition) is 5. The van der Waals surface area contributed by atoms with Gasteiger partial charge in [0.2, 0.25) is 5.91 Å². The van der Waals surface area contributed by atoms with Crippen molar-refractivity contribution in [1.82, 2.24) is 15.2 Å². The molecule has 2 aromatic carbocycles. The monoisotopic (exact) mass is 601 g/mol. The molecule has 0 saturated carbocycles. The second-order valence-corrected chi connectivity index (χ2v) is 10.4. The molecule has 0 atom stereocenters. The van der Waals surface area contributed by atoms with Gasteiger partial charge >= 0.3 is 0 Å². The normalized spacial score (nSPS) is 17.8. The third-order valence-corrected chi connectivity index (χ3v) is 7.58. The lowest BCUT2D eigenvalue weighted by Crippen LogP contribution is -2.44. The Hall–Kier alpha value is -3.53. The zero-order valence-corrected chi connectivity index (χ0v) is 24.1. The van der Waals surface area contributed by atoms with Gasteiger partial charge in [0.25, 0.3) is 11.8 Å². The topological polar surface area (TPSA) is 68.8 Å². The number of alkyl halides is 2. The number of nitrogens with one attached hydrogen (secondary N) is 1. The molecule has 1 N–H and O–H groups in total. The van der Waals surface area contributed by atoms with Crippen LogP contribution in [0.5, 0.6) is 0 Å². The zero-order valence-electron chi connectivity index (χ0n) is 22.5. The zero-order chi connectivity index (χ0) is 28.3. The van der Waals surface area contributed by atoms with Crippen LogP contribution in [0.25, 0.3) is 5.57 Å². The van der Waals surface area contributed by atoms with Gasteiger partial charge in [0.1, 0.15) is 0 Å². The number of halogens is 4. The van der Waals surface area contributed by atoms with Gasteiger partial charge in [-0.15, -0.1) is 12.4 Å². The molecular formula is C30H31Cl2F2N5O2. The van der Waals surface area contributed by atoms with Gasteiger partial charge in [-0.05, 0) is 43.4 Å². The van der Waals surface area contributed by atoms with Crippen LogP contribution in [0.3, 0.4) is 0 Å². The van der Waals surface area contributed by atoms with Crippen molar-refractivity contribution in [2.45, 2.75) is 18.9 Å². The Morgan fingerprint density at radius 1 is 1.02 bits per heavy atom. The van der Waals surface area contributed by atoms with Crippen molar-refractivity contribution in [2.24, 2.45) is 0 Å². The number of para-hydroxylation sites is 1. The van der Waals surface area contributed by atoms with E-state index in [0.717, 1.165) is 37.9 Å². The molecule has 1 aromatic heterocycles. The summed E-state index contributed by atoms with van der Waals surface area (Å²) in [6, 6.07) is 16.9. The molecule has 11 heteroatoms. The Morgan fingerprint density at radius 3 is 2.46 bits per heavy atom. The van der Waals surface area contributed by atoms with Gasteiger partial charge in [0, 0.05) is 68.2 Å². The number of carbonyl (C=O) groups excluding carboxylic acids is 2.